The fraction of sp³-hybridized carbons (Fsp3) is 0.273. The van der Waals surface area contributed by atoms with E-state index >= 15 is 0 Å². The van der Waals surface area contributed by atoms with Crippen molar-refractivity contribution in [3.05, 3.63) is 35.9 Å². The highest BCUT2D eigenvalue weighted by atomic mass is 16.5. The number of esters is 1. The molecule has 1 aromatic carbocycles. The molecule has 4 heteroatoms. The van der Waals surface area contributed by atoms with Crippen molar-refractivity contribution in [3.63, 3.8) is 0 Å². The summed E-state index contributed by atoms with van der Waals surface area (Å²) >= 11 is 0. The van der Waals surface area contributed by atoms with Gasteiger partial charge in [0.25, 0.3) is 5.91 Å². The summed E-state index contributed by atoms with van der Waals surface area (Å²) in [5.41, 5.74) is 5.81. The number of nitrogens with two attached hydrogens (primary N) is 1. The van der Waals surface area contributed by atoms with Crippen LogP contribution < -0.4 is 5.73 Å². The molecule has 0 fully saturated rings. The Morgan fingerprint density at radius 3 is 2.47 bits per heavy atom. The first kappa shape index (κ1) is 11.2. The predicted octanol–water partition coefficient (Wildman–Crippen LogP) is 0.646. The van der Waals surface area contributed by atoms with Crippen LogP contribution in [-0.4, -0.2) is 18.0 Å². The zero-order valence-electron chi connectivity index (χ0n) is 8.47. The van der Waals surface area contributed by atoms with Crippen LogP contribution in [0, 0.1) is 0 Å². The minimum absolute atomic E-state index is 0.151. The van der Waals surface area contributed by atoms with Crippen LogP contribution in [0.25, 0.3) is 0 Å². The Hall–Kier alpha value is -1.84. The Kier molecular flexibility index (Phi) is 3.85. The molecule has 0 saturated carbocycles. The Bertz CT molecular complexity index is 348. The number of carbonyl (C=O) groups excluding carboxylic acids is 2. The van der Waals surface area contributed by atoms with Crippen LogP contribution in [0.5, 0.6) is 0 Å². The molecule has 0 aliphatic heterocycles. The highest BCUT2D eigenvalue weighted by molar-refractivity contribution is 5.82. The highest BCUT2D eigenvalue weighted by Crippen LogP contribution is 2.02. The second-order valence-corrected chi connectivity index (χ2v) is 3.20. The van der Waals surface area contributed by atoms with Crippen molar-refractivity contribution in [1.82, 2.24) is 0 Å². The molecule has 0 aliphatic carbocycles. The Balaban J connectivity index is 2.47. The summed E-state index contributed by atoms with van der Waals surface area (Å²) in [7, 11) is 0. The maximum atomic E-state index is 11.3. The predicted molar refractivity (Wildman–Crippen MR) is 54.9 cm³/mol. The largest absolute Gasteiger partial charge is 0.452 e. The summed E-state index contributed by atoms with van der Waals surface area (Å²) in [6.45, 7) is 1.45. The van der Waals surface area contributed by atoms with Crippen molar-refractivity contribution in [2.24, 2.45) is 5.73 Å². The van der Waals surface area contributed by atoms with Gasteiger partial charge in [-0.3, -0.25) is 9.59 Å². The van der Waals surface area contributed by atoms with E-state index < -0.39 is 18.0 Å². The first-order valence-corrected chi connectivity index (χ1v) is 4.62. The monoisotopic (exact) mass is 207 g/mol. The number of hydrogen-bond donors (Lipinski definition) is 1. The lowest BCUT2D eigenvalue weighted by Crippen LogP contribution is -2.30. The van der Waals surface area contributed by atoms with Crippen molar-refractivity contribution in [1.29, 1.82) is 0 Å². The van der Waals surface area contributed by atoms with Crippen LogP contribution in [0.1, 0.15) is 12.5 Å². The molecule has 1 aromatic rings. The fourth-order valence-corrected chi connectivity index (χ4v) is 1.06. The number of amides is 1. The van der Waals surface area contributed by atoms with Gasteiger partial charge in [0.1, 0.15) is 0 Å². The normalized spacial score (nSPS) is 11.8. The second kappa shape index (κ2) is 5.14. The van der Waals surface area contributed by atoms with E-state index in [1.165, 1.54) is 6.92 Å². The molecule has 0 spiro atoms. The van der Waals surface area contributed by atoms with Crippen molar-refractivity contribution >= 4 is 11.9 Å². The lowest BCUT2D eigenvalue weighted by atomic mass is 10.1. The van der Waals surface area contributed by atoms with Crippen molar-refractivity contribution < 1.29 is 14.3 Å². The molecule has 0 aliphatic rings. The molecule has 0 heterocycles. The van der Waals surface area contributed by atoms with E-state index in [2.05, 4.69) is 0 Å². The Labute approximate surface area is 88.0 Å². The Morgan fingerprint density at radius 1 is 1.33 bits per heavy atom. The molecule has 0 bridgehead atoms. The third-order valence-electron chi connectivity index (χ3n) is 1.90. The molecule has 4 nitrogen and oxygen atoms in total. The number of primary amides is 1. The van der Waals surface area contributed by atoms with Crippen LogP contribution in [0.4, 0.5) is 0 Å². The Morgan fingerprint density at radius 2 is 1.93 bits per heavy atom. The second-order valence-electron chi connectivity index (χ2n) is 3.20. The van der Waals surface area contributed by atoms with Crippen LogP contribution in [0.3, 0.4) is 0 Å². The van der Waals surface area contributed by atoms with Crippen LogP contribution >= 0.6 is 0 Å². The van der Waals surface area contributed by atoms with Gasteiger partial charge in [-0.2, -0.15) is 0 Å². The summed E-state index contributed by atoms with van der Waals surface area (Å²) in [6, 6.07) is 9.16. The van der Waals surface area contributed by atoms with Crippen molar-refractivity contribution in [2.45, 2.75) is 19.4 Å². The minimum atomic E-state index is -0.874. The lowest BCUT2D eigenvalue weighted by Gasteiger charge is -2.09. The summed E-state index contributed by atoms with van der Waals surface area (Å²) in [5.74, 6) is -1.09. The molecule has 80 valence electrons. The topological polar surface area (TPSA) is 69.4 Å². The lowest BCUT2D eigenvalue weighted by molar-refractivity contribution is -0.153. The molecule has 0 radical (unpaired) electrons. The van der Waals surface area contributed by atoms with Crippen LogP contribution in [0.15, 0.2) is 30.3 Å². The van der Waals surface area contributed by atoms with Crippen LogP contribution in [0.2, 0.25) is 0 Å². The molecule has 15 heavy (non-hydrogen) atoms. The number of carbonyl (C=O) groups is 2. The third kappa shape index (κ3) is 3.81. The zero-order chi connectivity index (χ0) is 11.3. The van der Waals surface area contributed by atoms with Crippen molar-refractivity contribution in [2.75, 3.05) is 0 Å². The van der Waals surface area contributed by atoms with Gasteiger partial charge in [-0.1, -0.05) is 30.3 Å². The van der Waals surface area contributed by atoms with E-state index in [0.717, 1.165) is 5.56 Å². The average molecular weight is 207 g/mol. The van der Waals surface area contributed by atoms with E-state index in [0.29, 0.717) is 0 Å². The van der Waals surface area contributed by atoms with Gasteiger partial charge < -0.3 is 10.5 Å². The maximum Gasteiger partial charge on any atom is 0.311 e. The molecule has 1 rings (SSSR count). The summed E-state index contributed by atoms with van der Waals surface area (Å²) in [6.07, 6.45) is -0.723. The average Bonchev–Trinajstić information content (AvgIpc) is 2.18. The first-order chi connectivity index (χ1) is 7.09. The standard InChI is InChI=1S/C11H13NO3/c1-8(11(12)14)15-10(13)7-9-5-3-2-4-6-9/h2-6,8H,7H2,1H3,(H2,12,14)/t8-/m0/s1. The van der Waals surface area contributed by atoms with Gasteiger partial charge in [0.15, 0.2) is 6.10 Å². The van der Waals surface area contributed by atoms with Gasteiger partial charge in [-0.15, -0.1) is 0 Å². The number of hydrogen-bond acceptors (Lipinski definition) is 3. The van der Waals surface area contributed by atoms with E-state index in [4.69, 9.17) is 10.5 Å². The van der Waals surface area contributed by atoms with E-state index in [-0.39, 0.29) is 6.42 Å². The SMILES string of the molecule is C[C@H](OC(=O)Cc1ccccc1)C(N)=O. The van der Waals surface area contributed by atoms with Crippen LogP contribution in [-0.2, 0) is 20.7 Å². The van der Waals surface area contributed by atoms with E-state index in [1.54, 1.807) is 0 Å². The summed E-state index contributed by atoms with van der Waals surface area (Å²) in [5, 5.41) is 0. The van der Waals surface area contributed by atoms with Gasteiger partial charge in [-0.05, 0) is 12.5 Å². The molecular weight excluding hydrogens is 194 g/mol. The van der Waals surface area contributed by atoms with Crippen molar-refractivity contribution in [3.8, 4) is 0 Å². The number of benzene rings is 1. The molecule has 0 unspecified atom stereocenters. The number of ether oxygens (including phenoxy) is 1. The molecule has 1 atom stereocenters. The maximum absolute atomic E-state index is 11.3. The first-order valence-electron chi connectivity index (χ1n) is 4.62. The fourth-order valence-electron chi connectivity index (χ4n) is 1.06. The molecule has 1 amide bonds. The highest BCUT2D eigenvalue weighted by Gasteiger charge is 2.14. The molecule has 2 N–H and O–H groups in total. The number of rotatable bonds is 4. The zero-order valence-corrected chi connectivity index (χ0v) is 8.47. The van der Waals surface area contributed by atoms with Gasteiger partial charge in [0, 0.05) is 0 Å². The summed E-state index contributed by atoms with van der Waals surface area (Å²) < 4.78 is 4.80. The van der Waals surface area contributed by atoms with Gasteiger partial charge in [-0.25, -0.2) is 0 Å². The smallest absolute Gasteiger partial charge is 0.311 e. The van der Waals surface area contributed by atoms with Gasteiger partial charge in [0.05, 0.1) is 6.42 Å². The minimum Gasteiger partial charge on any atom is -0.452 e. The third-order valence-corrected chi connectivity index (χ3v) is 1.90. The molecule has 0 aromatic heterocycles. The summed E-state index contributed by atoms with van der Waals surface area (Å²) in [4.78, 5) is 21.9. The quantitative estimate of drug-likeness (QED) is 0.737. The van der Waals surface area contributed by atoms with Gasteiger partial charge >= 0.3 is 5.97 Å². The molecular formula is C11H13NO3. The molecule has 0 saturated heterocycles. The van der Waals surface area contributed by atoms with Gasteiger partial charge in [0.2, 0.25) is 0 Å². The van der Waals surface area contributed by atoms with E-state index in [9.17, 15) is 9.59 Å². The van der Waals surface area contributed by atoms with E-state index in [1.807, 2.05) is 30.3 Å².